The van der Waals surface area contributed by atoms with Crippen LogP contribution in [0.5, 0.6) is 0 Å². The molecule has 1 unspecified atom stereocenters. The van der Waals surface area contributed by atoms with E-state index in [1.165, 1.54) is 6.07 Å². The normalized spacial score (nSPS) is 18.0. The average molecular weight is 358 g/mol. The van der Waals surface area contributed by atoms with Gasteiger partial charge in [0.05, 0.1) is 17.2 Å². The van der Waals surface area contributed by atoms with Gasteiger partial charge in [0.1, 0.15) is 0 Å². The summed E-state index contributed by atoms with van der Waals surface area (Å²) in [6.07, 6.45) is 2.28. The highest BCUT2D eigenvalue weighted by molar-refractivity contribution is 9.10. The Bertz CT molecular complexity index is 518. The Kier molecular flexibility index (Phi) is 5.55. The zero-order valence-corrected chi connectivity index (χ0v) is 13.6. The maximum absolute atomic E-state index is 11.0. The van der Waals surface area contributed by atoms with Crippen molar-refractivity contribution in [2.45, 2.75) is 25.8 Å². The summed E-state index contributed by atoms with van der Waals surface area (Å²) in [5, 5.41) is 23.7. The highest BCUT2D eigenvalue weighted by atomic mass is 79.9. The molecule has 1 saturated heterocycles. The lowest BCUT2D eigenvalue weighted by Crippen LogP contribution is -2.39. The topological polar surface area (TPSA) is 78.6 Å². The second-order valence-corrected chi connectivity index (χ2v) is 6.16. The van der Waals surface area contributed by atoms with Gasteiger partial charge in [0.15, 0.2) is 0 Å². The number of benzene rings is 1. The van der Waals surface area contributed by atoms with Crippen LogP contribution in [0.25, 0.3) is 0 Å². The molecule has 0 aromatic heterocycles. The van der Waals surface area contributed by atoms with Crippen molar-refractivity contribution in [3.05, 3.63) is 32.3 Å². The standard InChI is InChI=1S/C14H20BrN3O3/c1-10-7-14(12(15)8-13(10)18(20)21)17(5-6-19)9-11-3-2-4-16-11/h7-8,11,16,19H,2-6,9H2,1H3. The maximum Gasteiger partial charge on any atom is 0.273 e. The first-order valence-electron chi connectivity index (χ1n) is 7.06. The molecule has 1 aliphatic heterocycles. The van der Waals surface area contributed by atoms with Gasteiger partial charge in [-0.2, -0.15) is 0 Å². The van der Waals surface area contributed by atoms with E-state index in [0.29, 0.717) is 22.6 Å². The quantitative estimate of drug-likeness (QED) is 0.602. The van der Waals surface area contributed by atoms with Gasteiger partial charge in [0, 0.05) is 35.2 Å². The Morgan fingerprint density at radius 3 is 2.90 bits per heavy atom. The Hall–Kier alpha value is -1.18. The van der Waals surface area contributed by atoms with Crippen molar-refractivity contribution in [2.24, 2.45) is 0 Å². The van der Waals surface area contributed by atoms with Crippen molar-refractivity contribution in [1.29, 1.82) is 0 Å². The van der Waals surface area contributed by atoms with Gasteiger partial charge in [0.2, 0.25) is 0 Å². The molecular formula is C14H20BrN3O3. The highest BCUT2D eigenvalue weighted by Crippen LogP contribution is 2.33. The molecule has 0 amide bonds. The lowest BCUT2D eigenvalue weighted by Gasteiger charge is -2.28. The summed E-state index contributed by atoms with van der Waals surface area (Å²) in [5.41, 5.74) is 1.62. The fourth-order valence-corrected chi connectivity index (χ4v) is 3.29. The van der Waals surface area contributed by atoms with E-state index in [2.05, 4.69) is 26.1 Å². The molecule has 0 aliphatic carbocycles. The minimum absolute atomic E-state index is 0.0508. The van der Waals surface area contributed by atoms with E-state index >= 15 is 0 Å². The Morgan fingerprint density at radius 2 is 2.33 bits per heavy atom. The fraction of sp³-hybridized carbons (Fsp3) is 0.571. The van der Waals surface area contributed by atoms with Crippen LogP contribution in [-0.2, 0) is 0 Å². The molecule has 0 bridgehead atoms. The molecule has 1 fully saturated rings. The van der Waals surface area contributed by atoms with Crippen molar-refractivity contribution >= 4 is 27.3 Å². The molecular weight excluding hydrogens is 338 g/mol. The number of hydrogen-bond acceptors (Lipinski definition) is 5. The minimum Gasteiger partial charge on any atom is -0.395 e. The number of hydrogen-bond donors (Lipinski definition) is 2. The van der Waals surface area contributed by atoms with E-state index < -0.39 is 0 Å². The maximum atomic E-state index is 11.0. The molecule has 0 radical (unpaired) electrons. The number of nitrogens with zero attached hydrogens (tertiary/aromatic N) is 2. The van der Waals surface area contributed by atoms with Gasteiger partial charge < -0.3 is 15.3 Å². The monoisotopic (exact) mass is 357 g/mol. The number of nitro groups is 1. The second-order valence-electron chi connectivity index (χ2n) is 5.31. The molecule has 21 heavy (non-hydrogen) atoms. The van der Waals surface area contributed by atoms with Crippen LogP contribution in [0.15, 0.2) is 16.6 Å². The van der Waals surface area contributed by atoms with Gasteiger partial charge in [-0.15, -0.1) is 0 Å². The molecule has 1 heterocycles. The van der Waals surface area contributed by atoms with E-state index in [0.717, 1.165) is 31.6 Å². The predicted octanol–water partition coefficient (Wildman–Crippen LogP) is 2.22. The van der Waals surface area contributed by atoms with Crippen LogP contribution in [0.2, 0.25) is 0 Å². The number of aryl methyl sites for hydroxylation is 1. The molecule has 0 saturated carbocycles. The van der Waals surface area contributed by atoms with Crippen LogP contribution >= 0.6 is 15.9 Å². The molecule has 1 atom stereocenters. The molecule has 0 spiro atoms. The van der Waals surface area contributed by atoms with Crippen LogP contribution in [0.1, 0.15) is 18.4 Å². The molecule has 1 aliphatic rings. The van der Waals surface area contributed by atoms with Crippen molar-refractivity contribution in [1.82, 2.24) is 5.32 Å². The molecule has 1 aromatic carbocycles. The Balaban J connectivity index is 2.26. The summed E-state index contributed by atoms with van der Waals surface area (Å²) in [5.74, 6) is 0. The number of halogens is 1. The van der Waals surface area contributed by atoms with Gasteiger partial charge in [-0.05, 0) is 48.3 Å². The van der Waals surface area contributed by atoms with Crippen molar-refractivity contribution in [2.75, 3.05) is 31.1 Å². The van der Waals surface area contributed by atoms with Crippen LogP contribution in [0, 0.1) is 17.0 Å². The van der Waals surface area contributed by atoms with Gasteiger partial charge in [-0.1, -0.05) is 0 Å². The summed E-state index contributed by atoms with van der Waals surface area (Å²) >= 11 is 3.42. The van der Waals surface area contributed by atoms with Crippen LogP contribution in [0.4, 0.5) is 11.4 Å². The summed E-state index contributed by atoms with van der Waals surface area (Å²) < 4.78 is 0.686. The smallest absolute Gasteiger partial charge is 0.273 e. The van der Waals surface area contributed by atoms with Crippen LogP contribution in [-0.4, -0.2) is 42.3 Å². The van der Waals surface area contributed by atoms with Gasteiger partial charge in [-0.3, -0.25) is 10.1 Å². The van der Waals surface area contributed by atoms with Gasteiger partial charge >= 0.3 is 0 Å². The third-order valence-corrected chi connectivity index (χ3v) is 4.41. The third-order valence-electron chi connectivity index (χ3n) is 3.78. The van der Waals surface area contributed by atoms with E-state index in [1.54, 1.807) is 6.92 Å². The van der Waals surface area contributed by atoms with E-state index in [1.807, 2.05) is 6.07 Å². The molecule has 2 rings (SSSR count). The summed E-state index contributed by atoms with van der Waals surface area (Å²) in [4.78, 5) is 12.7. The zero-order valence-electron chi connectivity index (χ0n) is 12.0. The van der Waals surface area contributed by atoms with Crippen molar-refractivity contribution in [3.63, 3.8) is 0 Å². The number of nitrogens with one attached hydrogen (secondary N) is 1. The van der Waals surface area contributed by atoms with E-state index in [9.17, 15) is 15.2 Å². The van der Waals surface area contributed by atoms with Gasteiger partial charge in [-0.25, -0.2) is 0 Å². The lowest BCUT2D eigenvalue weighted by molar-refractivity contribution is -0.385. The van der Waals surface area contributed by atoms with Crippen LogP contribution in [0.3, 0.4) is 0 Å². The first-order valence-corrected chi connectivity index (χ1v) is 7.86. The number of aliphatic hydroxyl groups excluding tert-OH is 1. The first-order chi connectivity index (χ1) is 10.0. The number of nitro benzene ring substituents is 1. The third kappa shape index (κ3) is 3.93. The number of anilines is 1. The molecule has 6 nitrogen and oxygen atoms in total. The van der Waals surface area contributed by atoms with Crippen molar-refractivity contribution < 1.29 is 10.0 Å². The first kappa shape index (κ1) is 16.2. The fourth-order valence-electron chi connectivity index (χ4n) is 2.70. The lowest BCUT2D eigenvalue weighted by atomic mass is 10.1. The Labute approximate surface area is 132 Å². The van der Waals surface area contributed by atoms with E-state index in [4.69, 9.17) is 0 Å². The van der Waals surface area contributed by atoms with E-state index in [-0.39, 0.29) is 17.2 Å². The largest absolute Gasteiger partial charge is 0.395 e. The average Bonchev–Trinajstić information content (AvgIpc) is 2.93. The molecule has 2 N–H and O–H groups in total. The second kappa shape index (κ2) is 7.20. The summed E-state index contributed by atoms with van der Waals surface area (Å²) in [6.45, 7) is 4.11. The predicted molar refractivity (Wildman–Crippen MR) is 85.9 cm³/mol. The molecule has 116 valence electrons. The summed E-state index contributed by atoms with van der Waals surface area (Å²) in [6, 6.07) is 3.75. The molecule has 7 heteroatoms. The Morgan fingerprint density at radius 1 is 1.57 bits per heavy atom. The summed E-state index contributed by atoms with van der Waals surface area (Å²) in [7, 11) is 0. The SMILES string of the molecule is Cc1cc(N(CCO)CC2CCCN2)c(Br)cc1[N+](=O)[O-]. The highest BCUT2D eigenvalue weighted by Gasteiger charge is 2.22. The van der Waals surface area contributed by atoms with Crippen LogP contribution < -0.4 is 10.2 Å². The minimum atomic E-state index is -0.376. The number of rotatable bonds is 6. The van der Waals surface area contributed by atoms with Crippen molar-refractivity contribution in [3.8, 4) is 0 Å². The zero-order chi connectivity index (χ0) is 15.4. The molecule has 1 aromatic rings. The van der Waals surface area contributed by atoms with Gasteiger partial charge in [0.25, 0.3) is 5.69 Å². The number of aliphatic hydroxyl groups is 1.